The molecule has 0 spiro atoms. The Kier molecular flexibility index (Phi) is 12.1. The Labute approximate surface area is 281 Å². The zero-order valence-corrected chi connectivity index (χ0v) is 27.7. The Morgan fingerprint density at radius 2 is 0.917 bits per heavy atom. The molecule has 0 saturated heterocycles. The van der Waals surface area contributed by atoms with Gasteiger partial charge in [0.05, 0.1) is 0 Å². The molecular weight excluding hydrogens is 608 g/mol. The van der Waals surface area contributed by atoms with Gasteiger partial charge in [0.15, 0.2) is 12.2 Å². The average Bonchev–Trinajstić information content (AvgIpc) is 3.14. The molecule has 5 rings (SSSR count). The van der Waals surface area contributed by atoms with Crippen molar-refractivity contribution in [3.8, 4) is 23.0 Å². The van der Waals surface area contributed by atoms with Crippen LogP contribution in [0, 0.1) is 0 Å². The van der Waals surface area contributed by atoms with Crippen LogP contribution in [0.5, 0.6) is 23.0 Å². The maximum Gasteiger partial charge on any atom is 0.306 e. The summed E-state index contributed by atoms with van der Waals surface area (Å²) in [5, 5.41) is 3.36. The van der Waals surface area contributed by atoms with Gasteiger partial charge in [0.25, 0.3) is 0 Å². The number of carbonyl (C=O) groups is 2. The molecule has 8 heteroatoms. The Morgan fingerprint density at radius 3 is 1.38 bits per heavy atom. The van der Waals surface area contributed by atoms with Gasteiger partial charge < -0.3 is 28.4 Å². The molecule has 5 aromatic carbocycles. The van der Waals surface area contributed by atoms with Crippen LogP contribution in [0.3, 0.4) is 0 Å². The SMILES string of the molecule is CCC(=O)OC(COc1ccccc1)COc1c2ccccc2c(OCC(COc2ccccc2)OC(=O)CC)c2cc(CC)ccc12. The second kappa shape index (κ2) is 17.1. The van der Waals surface area contributed by atoms with Crippen LogP contribution in [0.2, 0.25) is 0 Å². The molecule has 0 heterocycles. The smallest absolute Gasteiger partial charge is 0.306 e. The number of carbonyl (C=O) groups excluding carboxylic acids is 2. The van der Waals surface area contributed by atoms with Crippen molar-refractivity contribution < 1.29 is 38.0 Å². The first-order valence-electron chi connectivity index (χ1n) is 16.5. The van der Waals surface area contributed by atoms with Crippen molar-refractivity contribution >= 4 is 33.5 Å². The molecule has 0 aliphatic carbocycles. The Balaban J connectivity index is 1.45. The molecule has 0 bridgehead atoms. The van der Waals surface area contributed by atoms with Crippen LogP contribution >= 0.6 is 0 Å². The third-order valence-corrected chi connectivity index (χ3v) is 7.76. The molecule has 2 unspecified atom stereocenters. The molecule has 0 aliphatic heterocycles. The molecular formula is C40H42O8. The van der Waals surface area contributed by atoms with Crippen LogP contribution in [0.25, 0.3) is 21.5 Å². The van der Waals surface area contributed by atoms with Gasteiger partial charge in [0.2, 0.25) is 0 Å². The normalized spacial score (nSPS) is 12.2. The van der Waals surface area contributed by atoms with E-state index in [4.69, 9.17) is 28.4 Å². The van der Waals surface area contributed by atoms with Crippen LogP contribution < -0.4 is 18.9 Å². The van der Waals surface area contributed by atoms with Crippen molar-refractivity contribution in [2.45, 2.75) is 52.2 Å². The predicted octanol–water partition coefficient (Wildman–Crippen LogP) is 8.11. The molecule has 0 aliphatic rings. The van der Waals surface area contributed by atoms with Gasteiger partial charge in [0.1, 0.15) is 49.4 Å². The lowest BCUT2D eigenvalue weighted by atomic mass is 9.98. The fourth-order valence-corrected chi connectivity index (χ4v) is 5.21. The van der Waals surface area contributed by atoms with Crippen molar-refractivity contribution in [1.29, 1.82) is 0 Å². The van der Waals surface area contributed by atoms with E-state index in [1.165, 1.54) is 0 Å². The molecule has 0 aromatic heterocycles. The van der Waals surface area contributed by atoms with Crippen LogP contribution in [-0.2, 0) is 25.5 Å². The van der Waals surface area contributed by atoms with Gasteiger partial charge in [0, 0.05) is 34.4 Å². The number of hydrogen-bond acceptors (Lipinski definition) is 8. The minimum atomic E-state index is -0.643. The molecule has 48 heavy (non-hydrogen) atoms. The van der Waals surface area contributed by atoms with E-state index < -0.39 is 12.2 Å². The number of esters is 2. The Hall–Kier alpha value is -5.24. The first-order valence-corrected chi connectivity index (χ1v) is 16.5. The molecule has 8 nitrogen and oxygen atoms in total. The average molecular weight is 651 g/mol. The lowest BCUT2D eigenvalue weighted by Gasteiger charge is -2.23. The molecule has 0 radical (unpaired) electrons. The summed E-state index contributed by atoms with van der Waals surface area (Å²) in [6.45, 7) is 6.04. The van der Waals surface area contributed by atoms with Crippen LogP contribution in [0.1, 0.15) is 39.2 Å². The summed E-state index contributed by atoms with van der Waals surface area (Å²) in [6.07, 6.45) is 0.0207. The monoisotopic (exact) mass is 650 g/mol. The molecule has 0 amide bonds. The van der Waals surface area contributed by atoms with Gasteiger partial charge >= 0.3 is 11.9 Å². The van der Waals surface area contributed by atoms with Crippen molar-refractivity contribution in [3.05, 3.63) is 109 Å². The van der Waals surface area contributed by atoms with E-state index in [0.717, 1.165) is 33.5 Å². The van der Waals surface area contributed by atoms with E-state index >= 15 is 0 Å². The molecule has 5 aromatic rings. The highest BCUT2D eigenvalue weighted by Gasteiger charge is 2.22. The highest BCUT2D eigenvalue weighted by Crippen LogP contribution is 2.43. The van der Waals surface area contributed by atoms with Gasteiger partial charge in [-0.15, -0.1) is 0 Å². The van der Waals surface area contributed by atoms with Crippen LogP contribution in [0.4, 0.5) is 0 Å². The van der Waals surface area contributed by atoms with E-state index in [1.54, 1.807) is 13.8 Å². The van der Waals surface area contributed by atoms with Crippen LogP contribution in [0.15, 0.2) is 103 Å². The first kappa shape index (κ1) is 34.1. The van der Waals surface area contributed by atoms with Crippen molar-refractivity contribution in [1.82, 2.24) is 0 Å². The van der Waals surface area contributed by atoms with Crippen molar-refractivity contribution in [2.75, 3.05) is 26.4 Å². The zero-order valence-electron chi connectivity index (χ0n) is 27.7. The summed E-state index contributed by atoms with van der Waals surface area (Å²) in [6, 6.07) is 32.8. The topological polar surface area (TPSA) is 89.5 Å². The molecule has 2 atom stereocenters. The number of aryl methyl sites for hydroxylation is 1. The maximum absolute atomic E-state index is 12.3. The highest BCUT2D eigenvalue weighted by molar-refractivity contribution is 6.11. The standard InChI is InChI=1S/C40H42O8/c1-4-28-21-22-35-36(23-28)40(46-27-32(48-38(42)6-3)25-44-30-17-11-8-12-18-30)34-20-14-13-19-33(34)39(35)45-26-31(47-37(41)5-2)24-43-29-15-9-7-10-16-29/h7-23,31-32H,4-6,24-27H2,1-3H3. The lowest BCUT2D eigenvalue weighted by Crippen LogP contribution is -2.31. The van der Waals surface area contributed by atoms with Crippen molar-refractivity contribution in [3.63, 3.8) is 0 Å². The minimum absolute atomic E-state index is 0.0826. The van der Waals surface area contributed by atoms with E-state index in [2.05, 4.69) is 19.1 Å². The number of fused-ring (bicyclic) bond motifs is 2. The summed E-state index contributed by atoms with van der Waals surface area (Å²) >= 11 is 0. The van der Waals surface area contributed by atoms with E-state index in [1.807, 2.05) is 91.0 Å². The largest absolute Gasteiger partial charge is 0.490 e. The number of hydrogen-bond donors (Lipinski definition) is 0. The summed E-state index contributed by atoms with van der Waals surface area (Å²) in [5.74, 6) is 1.99. The molecule has 250 valence electrons. The fourth-order valence-electron chi connectivity index (χ4n) is 5.21. The van der Waals surface area contributed by atoms with Crippen molar-refractivity contribution in [2.24, 2.45) is 0 Å². The van der Waals surface area contributed by atoms with Gasteiger partial charge in [-0.3, -0.25) is 9.59 Å². The first-order chi connectivity index (χ1) is 23.5. The second-order valence-corrected chi connectivity index (χ2v) is 11.2. The summed E-state index contributed by atoms with van der Waals surface area (Å²) in [5.41, 5.74) is 1.13. The maximum atomic E-state index is 12.3. The third-order valence-electron chi connectivity index (χ3n) is 7.76. The van der Waals surface area contributed by atoms with Gasteiger partial charge in [-0.1, -0.05) is 93.6 Å². The Morgan fingerprint density at radius 1 is 0.500 bits per heavy atom. The summed E-state index contributed by atoms with van der Waals surface area (Å²) in [4.78, 5) is 24.7. The van der Waals surface area contributed by atoms with Gasteiger partial charge in [-0.25, -0.2) is 0 Å². The zero-order chi connectivity index (χ0) is 33.7. The fraction of sp³-hybridized carbons (Fsp3) is 0.300. The summed E-state index contributed by atoms with van der Waals surface area (Å²) < 4.78 is 36.4. The Bertz CT molecular complexity index is 1790. The quantitative estimate of drug-likeness (QED) is 0.0737. The molecule has 0 fully saturated rings. The molecule has 0 saturated carbocycles. The molecule has 0 N–H and O–H groups in total. The summed E-state index contributed by atoms with van der Waals surface area (Å²) in [7, 11) is 0. The predicted molar refractivity (Wildman–Crippen MR) is 186 cm³/mol. The third kappa shape index (κ3) is 8.97. The van der Waals surface area contributed by atoms with E-state index in [0.29, 0.717) is 23.0 Å². The minimum Gasteiger partial charge on any atom is -0.490 e. The second-order valence-electron chi connectivity index (χ2n) is 11.2. The number of benzene rings is 5. The van der Waals surface area contributed by atoms with Gasteiger partial charge in [-0.05, 0) is 42.3 Å². The number of rotatable bonds is 17. The highest BCUT2D eigenvalue weighted by atomic mass is 16.6. The van der Waals surface area contributed by atoms with Crippen LogP contribution in [-0.4, -0.2) is 50.6 Å². The van der Waals surface area contributed by atoms with E-state index in [9.17, 15) is 9.59 Å². The lowest BCUT2D eigenvalue weighted by molar-refractivity contribution is -0.152. The number of para-hydroxylation sites is 2. The van der Waals surface area contributed by atoms with E-state index in [-0.39, 0.29) is 51.2 Å². The number of ether oxygens (including phenoxy) is 6. The van der Waals surface area contributed by atoms with Gasteiger partial charge in [-0.2, -0.15) is 0 Å².